The van der Waals surface area contributed by atoms with E-state index >= 15 is 0 Å². The average Bonchev–Trinajstić information content (AvgIpc) is 2.49. The van der Waals surface area contributed by atoms with Crippen molar-refractivity contribution in [3.63, 3.8) is 0 Å². The summed E-state index contributed by atoms with van der Waals surface area (Å²) in [5.74, 6) is 0.397. The van der Waals surface area contributed by atoms with Crippen molar-refractivity contribution in [1.82, 2.24) is 15.1 Å². The smallest absolute Gasteiger partial charge is 0.323 e. The normalized spacial score (nSPS) is 10.0. The van der Waals surface area contributed by atoms with Crippen LogP contribution in [0.15, 0.2) is 49.1 Å². The predicted molar refractivity (Wildman–Crippen MR) is 84.3 cm³/mol. The molecule has 0 aliphatic carbocycles. The van der Waals surface area contributed by atoms with E-state index < -0.39 is 0 Å². The second-order valence-corrected chi connectivity index (χ2v) is 4.85. The van der Waals surface area contributed by atoms with Crippen LogP contribution in [0.5, 0.6) is 0 Å². The van der Waals surface area contributed by atoms with Gasteiger partial charge in [0, 0.05) is 24.2 Å². The van der Waals surface area contributed by atoms with Crippen molar-refractivity contribution in [2.24, 2.45) is 0 Å². The number of hydrogen-bond donors (Lipinski definition) is 1. The molecule has 1 aromatic carbocycles. The highest BCUT2D eigenvalue weighted by Gasteiger charge is 2.08. The van der Waals surface area contributed by atoms with Crippen LogP contribution in [-0.2, 0) is 0 Å². The molecule has 2 rings (SSSR count). The van der Waals surface area contributed by atoms with E-state index in [0.717, 1.165) is 5.56 Å². The van der Waals surface area contributed by atoms with Gasteiger partial charge in [-0.3, -0.25) is 5.32 Å². The van der Waals surface area contributed by atoms with E-state index in [2.05, 4.69) is 22.1 Å². The second kappa shape index (κ2) is 6.85. The van der Waals surface area contributed by atoms with Crippen LogP contribution in [0, 0.1) is 0 Å². The Morgan fingerprint density at radius 2 is 2.00 bits per heavy atom. The zero-order valence-electron chi connectivity index (χ0n) is 11.6. The number of carbonyl (C=O) groups excluding carboxylic acids is 1. The number of urea groups is 1. The van der Waals surface area contributed by atoms with Crippen molar-refractivity contribution in [3.05, 3.63) is 54.1 Å². The lowest BCUT2D eigenvalue weighted by molar-refractivity contribution is 0.226. The van der Waals surface area contributed by atoms with E-state index in [0.29, 0.717) is 23.1 Å². The number of anilines is 1. The number of benzene rings is 1. The predicted octanol–water partition coefficient (Wildman–Crippen LogP) is 3.45. The molecule has 0 fully saturated rings. The molecule has 0 aliphatic rings. The number of amides is 2. The summed E-state index contributed by atoms with van der Waals surface area (Å²) in [4.78, 5) is 13.3. The Balaban J connectivity index is 2.07. The van der Waals surface area contributed by atoms with Crippen LogP contribution < -0.4 is 5.32 Å². The van der Waals surface area contributed by atoms with Crippen molar-refractivity contribution >= 4 is 23.4 Å². The zero-order chi connectivity index (χ0) is 15.2. The van der Waals surface area contributed by atoms with Gasteiger partial charge in [-0.2, -0.15) is 0 Å². The SMILES string of the molecule is C=CCN(C)C(=O)Nc1ccc(-c2ccc(Cl)cc2)nn1. The Labute approximate surface area is 128 Å². The number of nitrogens with one attached hydrogen (secondary N) is 1. The number of carbonyl (C=O) groups is 1. The lowest BCUT2D eigenvalue weighted by Gasteiger charge is -2.15. The van der Waals surface area contributed by atoms with Gasteiger partial charge >= 0.3 is 6.03 Å². The van der Waals surface area contributed by atoms with Gasteiger partial charge in [0.2, 0.25) is 0 Å². The van der Waals surface area contributed by atoms with Gasteiger partial charge in [0.25, 0.3) is 0 Å². The molecule has 0 spiro atoms. The van der Waals surface area contributed by atoms with Gasteiger partial charge in [-0.15, -0.1) is 16.8 Å². The quantitative estimate of drug-likeness (QED) is 0.880. The summed E-state index contributed by atoms with van der Waals surface area (Å²) < 4.78 is 0. The Kier molecular flexibility index (Phi) is 4.90. The minimum Gasteiger partial charge on any atom is -0.324 e. The molecular weight excluding hydrogens is 288 g/mol. The van der Waals surface area contributed by atoms with E-state index in [4.69, 9.17) is 11.6 Å². The molecule has 2 aromatic rings. The van der Waals surface area contributed by atoms with Gasteiger partial charge in [-0.25, -0.2) is 4.79 Å². The molecule has 21 heavy (non-hydrogen) atoms. The molecule has 108 valence electrons. The maximum absolute atomic E-state index is 11.8. The first-order chi connectivity index (χ1) is 10.1. The molecule has 2 amide bonds. The molecule has 0 radical (unpaired) electrons. The van der Waals surface area contributed by atoms with Gasteiger partial charge in [-0.05, 0) is 24.3 Å². The second-order valence-electron chi connectivity index (χ2n) is 4.41. The number of rotatable bonds is 4. The van der Waals surface area contributed by atoms with E-state index in [1.54, 1.807) is 37.4 Å². The molecule has 0 bridgehead atoms. The molecule has 6 heteroatoms. The van der Waals surface area contributed by atoms with E-state index in [1.165, 1.54) is 4.90 Å². The van der Waals surface area contributed by atoms with Crippen molar-refractivity contribution in [2.45, 2.75) is 0 Å². The minimum absolute atomic E-state index is 0.261. The number of nitrogens with zero attached hydrogens (tertiary/aromatic N) is 3. The molecule has 1 aromatic heterocycles. The number of halogens is 1. The summed E-state index contributed by atoms with van der Waals surface area (Å²) in [5.41, 5.74) is 1.62. The van der Waals surface area contributed by atoms with Crippen molar-refractivity contribution in [1.29, 1.82) is 0 Å². The van der Waals surface area contributed by atoms with Gasteiger partial charge in [0.1, 0.15) is 0 Å². The van der Waals surface area contributed by atoms with Crippen LogP contribution in [-0.4, -0.2) is 34.7 Å². The first kappa shape index (κ1) is 15.0. The third kappa shape index (κ3) is 4.03. The molecule has 0 atom stereocenters. The van der Waals surface area contributed by atoms with Gasteiger partial charge in [0.05, 0.1) is 5.69 Å². The third-order valence-corrected chi connectivity index (χ3v) is 3.04. The summed E-state index contributed by atoms with van der Waals surface area (Å²) in [6.45, 7) is 4.04. The Morgan fingerprint density at radius 3 is 2.57 bits per heavy atom. The Morgan fingerprint density at radius 1 is 1.29 bits per heavy atom. The fourth-order valence-electron chi connectivity index (χ4n) is 1.66. The summed E-state index contributed by atoms with van der Waals surface area (Å²) in [6, 6.07) is 10.5. The third-order valence-electron chi connectivity index (χ3n) is 2.79. The maximum atomic E-state index is 11.8. The van der Waals surface area contributed by atoms with E-state index in [1.807, 2.05) is 12.1 Å². The standard InChI is InChI=1S/C15H15ClN4O/c1-3-10-20(2)15(21)17-14-9-8-13(18-19-14)11-4-6-12(16)7-5-11/h3-9H,1,10H2,2H3,(H,17,19,21). The number of hydrogen-bond acceptors (Lipinski definition) is 3. The molecule has 5 nitrogen and oxygen atoms in total. The minimum atomic E-state index is -0.261. The molecular formula is C15H15ClN4O. The molecule has 0 saturated heterocycles. The van der Waals surface area contributed by atoms with Crippen molar-refractivity contribution in [3.8, 4) is 11.3 Å². The largest absolute Gasteiger partial charge is 0.324 e. The number of aromatic nitrogens is 2. The van der Waals surface area contributed by atoms with Crippen LogP contribution in [0.3, 0.4) is 0 Å². The monoisotopic (exact) mass is 302 g/mol. The lowest BCUT2D eigenvalue weighted by atomic mass is 10.1. The summed E-state index contributed by atoms with van der Waals surface area (Å²) in [5, 5.41) is 11.4. The van der Waals surface area contributed by atoms with E-state index in [-0.39, 0.29) is 6.03 Å². The van der Waals surface area contributed by atoms with E-state index in [9.17, 15) is 4.79 Å². The fourth-order valence-corrected chi connectivity index (χ4v) is 1.78. The Hall–Kier alpha value is -2.40. The van der Waals surface area contributed by atoms with Gasteiger partial charge in [-0.1, -0.05) is 29.8 Å². The van der Waals surface area contributed by atoms with Crippen LogP contribution in [0.25, 0.3) is 11.3 Å². The highest BCUT2D eigenvalue weighted by molar-refractivity contribution is 6.30. The zero-order valence-corrected chi connectivity index (χ0v) is 12.3. The van der Waals surface area contributed by atoms with Gasteiger partial charge in [0.15, 0.2) is 5.82 Å². The average molecular weight is 303 g/mol. The topological polar surface area (TPSA) is 58.1 Å². The number of likely N-dealkylation sites (N-methyl/N-ethyl adjacent to an activating group) is 1. The Bertz CT molecular complexity index is 625. The van der Waals surface area contributed by atoms with Gasteiger partial charge < -0.3 is 4.90 Å². The molecule has 0 saturated carbocycles. The summed E-state index contributed by atoms with van der Waals surface area (Å²) in [7, 11) is 1.67. The van der Waals surface area contributed by atoms with Crippen molar-refractivity contribution < 1.29 is 4.79 Å². The maximum Gasteiger partial charge on any atom is 0.323 e. The molecule has 0 unspecified atom stereocenters. The highest BCUT2D eigenvalue weighted by Crippen LogP contribution is 2.19. The highest BCUT2D eigenvalue weighted by atomic mass is 35.5. The first-order valence-electron chi connectivity index (χ1n) is 6.33. The van der Waals surface area contributed by atoms with Crippen LogP contribution in [0.1, 0.15) is 0 Å². The van der Waals surface area contributed by atoms with Crippen LogP contribution >= 0.6 is 11.6 Å². The summed E-state index contributed by atoms with van der Waals surface area (Å²) >= 11 is 5.84. The van der Waals surface area contributed by atoms with Crippen molar-refractivity contribution in [2.75, 3.05) is 18.9 Å². The van der Waals surface area contributed by atoms with Crippen LogP contribution in [0.2, 0.25) is 5.02 Å². The molecule has 1 N–H and O–H groups in total. The molecule has 0 aliphatic heterocycles. The molecule has 1 heterocycles. The summed E-state index contributed by atoms with van der Waals surface area (Å²) in [6.07, 6.45) is 1.65. The van der Waals surface area contributed by atoms with Crippen LogP contribution in [0.4, 0.5) is 10.6 Å². The lowest BCUT2D eigenvalue weighted by Crippen LogP contribution is -2.31. The fraction of sp³-hybridized carbons (Fsp3) is 0.133. The first-order valence-corrected chi connectivity index (χ1v) is 6.70.